The number of hydrogen-bond acceptors (Lipinski definition) is 4. The Morgan fingerprint density at radius 2 is 1.70 bits per heavy atom. The molecule has 9 heteroatoms. The Balaban J connectivity index is 1.12. The second-order valence-corrected chi connectivity index (χ2v) is 10.1. The van der Waals surface area contributed by atoms with Crippen molar-refractivity contribution in [1.82, 2.24) is 25.5 Å². The molecule has 1 aliphatic heterocycles. The number of pyridine rings is 1. The number of benzene rings is 2. The number of para-hydroxylation sites is 2. The zero-order valence-electron chi connectivity index (χ0n) is 22.6. The average Bonchev–Trinajstić information content (AvgIpc) is 3.39. The van der Waals surface area contributed by atoms with Crippen molar-refractivity contribution < 1.29 is 14.4 Å². The smallest absolute Gasteiger partial charge is 0.319 e. The number of aromatic nitrogens is 2. The minimum absolute atomic E-state index is 0.0734. The first-order valence-electron chi connectivity index (χ1n) is 13.7. The van der Waals surface area contributed by atoms with Crippen LogP contribution in [-0.2, 0) is 11.2 Å². The van der Waals surface area contributed by atoms with Crippen molar-refractivity contribution >= 4 is 34.4 Å². The summed E-state index contributed by atoms with van der Waals surface area (Å²) in [4.78, 5) is 47.9. The van der Waals surface area contributed by atoms with E-state index in [-0.39, 0.29) is 24.3 Å². The quantitative estimate of drug-likeness (QED) is 0.266. The van der Waals surface area contributed by atoms with Crippen molar-refractivity contribution in [2.24, 2.45) is 0 Å². The van der Waals surface area contributed by atoms with Crippen LogP contribution >= 0.6 is 0 Å². The summed E-state index contributed by atoms with van der Waals surface area (Å²) in [5, 5.41) is 9.55. The molecule has 0 atom stereocenters. The Bertz CT molecular complexity index is 1460. The summed E-state index contributed by atoms with van der Waals surface area (Å²) in [5.74, 6) is -0.188. The molecular formula is C31H34N6O3. The van der Waals surface area contributed by atoms with E-state index < -0.39 is 6.03 Å². The van der Waals surface area contributed by atoms with Crippen LogP contribution in [0, 0.1) is 6.92 Å². The third-order valence-corrected chi connectivity index (χ3v) is 7.24. The van der Waals surface area contributed by atoms with Gasteiger partial charge in [-0.1, -0.05) is 36.4 Å². The van der Waals surface area contributed by atoms with E-state index in [4.69, 9.17) is 4.98 Å². The number of nitrogens with zero attached hydrogens (tertiary/aromatic N) is 2. The number of fused-ring (bicyclic) bond motifs is 1. The van der Waals surface area contributed by atoms with E-state index in [1.54, 1.807) is 17.0 Å². The van der Waals surface area contributed by atoms with Gasteiger partial charge in [0.15, 0.2) is 0 Å². The highest BCUT2D eigenvalue weighted by atomic mass is 16.2. The highest BCUT2D eigenvalue weighted by Gasteiger charge is 2.28. The molecule has 4 N–H and O–H groups in total. The van der Waals surface area contributed by atoms with Crippen LogP contribution in [0.15, 0.2) is 72.8 Å². The summed E-state index contributed by atoms with van der Waals surface area (Å²) in [6, 6.07) is 22.6. The number of carbonyl (C=O) groups is 3. The Hall–Kier alpha value is -4.66. The van der Waals surface area contributed by atoms with Crippen LogP contribution in [0.3, 0.4) is 0 Å². The highest BCUT2D eigenvalue weighted by Crippen LogP contribution is 2.29. The summed E-state index contributed by atoms with van der Waals surface area (Å²) in [5.41, 5.74) is 5.06. The van der Waals surface area contributed by atoms with Gasteiger partial charge >= 0.3 is 6.03 Å². The normalized spacial score (nSPS) is 13.7. The Labute approximate surface area is 233 Å². The third kappa shape index (κ3) is 6.66. The number of carbonyl (C=O) groups excluding carboxylic acids is 3. The molecule has 0 bridgehead atoms. The van der Waals surface area contributed by atoms with Gasteiger partial charge in [0.2, 0.25) is 5.91 Å². The lowest BCUT2D eigenvalue weighted by Crippen LogP contribution is -2.44. The SMILES string of the molecule is Cc1ccc(C(=O)NCCc2cc3ccccc3[nH]2)c(C2CCN(C(=O)CNC(=O)Nc3ccccc3)CC2)n1. The van der Waals surface area contributed by atoms with E-state index in [9.17, 15) is 14.4 Å². The number of H-pyrrole nitrogens is 1. The fourth-order valence-electron chi connectivity index (χ4n) is 5.12. The Morgan fingerprint density at radius 1 is 0.950 bits per heavy atom. The lowest BCUT2D eigenvalue weighted by molar-refractivity contribution is -0.131. The number of nitrogens with one attached hydrogen (secondary N) is 4. The van der Waals surface area contributed by atoms with Crippen LogP contribution in [-0.4, -0.2) is 58.9 Å². The molecule has 206 valence electrons. The van der Waals surface area contributed by atoms with E-state index in [2.05, 4.69) is 33.1 Å². The largest absolute Gasteiger partial charge is 0.358 e. The summed E-state index contributed by atoms with van der Waals surface area (Å²) >= 11 is 0. The number of hydrogen-bond donors (Lipinski definition) is 4. The molecule has 3 heterocycles. The molecule has 1 saturated heterocycles. The van der Waals surface area contributed by atoms with E-state index in [1.807, 2.05) is 55.5 Å². The first-order chi connectivity index (χ1) is 19.5. The molecule has 2 aromatic heterocycles. The Kier molecular flexibility index (Phi) is 8.39. The monoisotopic (exact) mass is 538 g/mol. The zero-order valence-corrected chi connectivity index (χ0v) is 22.6. The molecular weight excluding hydrogens is 504 g/mol. The van der Waals surface area contributed by atoms with Crippen molar-refractivity contribution in [1.29, 1.82) is 0 Å². The maximum atomic E-state index is 13.2. The van der Waals surface area contributed by atoms with E-state index in [0.29, 0.717) is 50.1 Å². The molecule has 0 aliphatic carbocycles. The van der Waals surface area contributed by atoms with Crippen molar-refractivity contribution in [3.05, 3.63) is 95.4 Å². The van der Waals surface area contributed by atoms with Crippen LogP contribution in [0.4, 0.5) is 10.5 Å². The minimum atomic E-state index is -0.418. The number of anilines is 1. The number of amides is 4. The van der Waals surface area contributed by atoms with Crippen LogP contribution in [0.5, 0.6) is 0 Å². The summed E-state index contributed by atoms with van der Waals surface area (Å²) in [6.07, 6.45) is 2.11. The molecule has 1 fully saturated rings. The lowest BCUT2D eigenvalue weighted by Gasteiger charge is -2.32. The molecule has 2 aromatic carbocycles. The first-order valence-corrected chi connectivity index (χ1v) is 13.7. The molecule has 5 rings (SSSR count). The summed E-state index contributed by atoms with van der Waals surface area (Å²) in [6.45, 7) is 3.45. The molecule has 4 aromatic rings. The second kappa shape index (κ2) is 12.5. The summed E-state index contributed by atoms with van der Waals surface area (Å²) < 4.78 is 0. The second-order valence-electron chi connectivity index (χ2n) is 10.1. The van der Waals surface area contributed by atoms with Gasteiger partial charge in [0.25, 0.3) is 5.91 Å². The van der Waals surface area contributed by atoms with Gasteiger partial charge < -0.3 is 25.8 Å². The van der Waals surface area contributed by atoms with Gasteiger partial charge in [-0.15, -0.1) is 0 Å². The highest BCUT2D eigenvalue weighted by molar-refractivity contribution is 5.95. The van der Waals surface area contributed by atoms with Gasteiger partial charge in [0.05, 0.1) is 17.8 Å². The first kappa shape index (κ1) is 26.9. The van der Waals surface area contributed by atoms with Gasteiger partial charge in [-0.05, 0) is 61.5 Å². The molecule has 0 radical (unpaired) electrons. The summed E-state index contributed by atoms with van der Waals surface area (Å²) in [7, 11) is 0. The third-order valence-electron chi connectivity index (χ3n) is 7.24. The number of likely N-dealkylation sites (tertiary alicyclic amines) is 1. The van der Waals surface area contributed by atoms with Gasteiger partial charge in [-0.2, -0.15) is 0 Å². The number of aryl methyl sites for hydroxylation is 1. The topological polar surface area (TPSA) is 119 Å². The van der Waals surface area contributed by atoms with Crippen LogP contribution < -0.4 is 16.0 Å². The molecule has 40 heavy (non-hydrogen) atoms. The van der Waals surface area contributed by atoms with Gasteiger partial charge in [0.1, 0.15) is 0 Å². The maximum absolute atomic E-state index is 13.2. The molecule has 0 saturated carbocycles. The number of urea groups is 1. The van der Waals surface area contributed by atoms with Crippen LogP contribution in [0.1, 0.15) is 46.2 Å². The van der Waals surface area contributed by atoms with E-state index in [0.717, 1.165) is 28.0 Å². The molecule has 1 aliphatic rings. The van der Waals surface area contributed by atoms with Crippen LogP contribution in [0.2, 0.25) is 0 Å². The maximum Gasteiger partial charge on any atom is 0.319 e. The molecule has 0 unspecified atom stereocenters. The molecule has 4 amide bonds. The van der Waals surface area contributed by atoms with Crippen LogP contribution in [0.25, 0.3) is 10.9 Å². The van der Waals surface area contributed by atoms with Crippen molar-refractivity contribution in [3.63, 3.8) is 0 Å². The standard InChI is InChI=1S/C31H34N6O3/c1-21-11-12-26(30(39)32-16-13-25-19-23-7-5-6-10-27(23)35-25)29(34-21)22-14-17-37(18-15-22)28(38)20-33-31(40)36-24-8-3-2-4-9-24/h2-12,19,22,35H,13-18,20H2,1H3,(H,32,39)(H2,33,36,40). The van der Waals surface area contributed by atoms with Gasteiger partial charge in [0, 0.05) is 54.6 Å². The predicted octanol–water partition coefficient (Wildman–Crippen LogP) is 4.37. The van der Waals surface area contributed by atoms with Crippen molar-refractivity contribution in [2.75, 3.05) is 31.5 Å². The van der Waals surface area contributed by atoms with Gasteiger partial charge in [-0.25, -0.2) is 4.79 Å². The lowest BCUT2D eigenvalue weighted by atomic mass is 9.89. The van der Waals surface area contributed by atoms with E-state index in [1.165, 1.54) is 0 Å². The average molecular weight is 539 g/mol. The minimum Gasteiger partial charge on any atom is -0.358 e. The van der Waals surface area contributed by atoms with E-state index >= 15 is 0 Å². The fraction of sp³-hybridized carbons (Fsp3) is 0.290. The Morgan fingerprint density at radius 3 is 2.48 bits per heavy atom. The fourth-order valence-corrected chi connectivity index (χ4v) is 5.12. The number of rotatable bonds is 8. The predicted molar refractivity (Wildman–Crippen MR) is 155 cm³/mol. The van der Waals surface area contributed by atoms with Crippen molar-refractivity contribution in [2.45, 2.75) is 32.1 Å². The number of piperidine rings is 1. The molecule has 0 spiro atoms. The zero-order chi connectivity index (χ0) is 27.9. The van der Waals surface area contributed by atoms with Gasteiger partial charge in [-0.3, -0.25) is 14.6 Å². The van der Waals surface area contributed by atoms with Crippen molar-refractivity contribution in [3.8, 4) is 0 Å². The molecule has 9 nitrogen and oxygen atoms in total. The number of aromatic amines is 1.